The highest BCUT2D eigenvalue weighted by atomic mass is 35.5. The summed E-state index contributed by atoms with van der Waals surface area (Å²) < 4.78 is 9.98. The number of nitrogens with two attached hydrogens (primary N) is 1. The lowest BCUT2D eigenvalue weighted by Crippen LogP contribution is -2.47. The number of halogens is 1. The average molecular weight is 253 g/mol. The summed E-state index contributed by atoms with van der Waals surface area (Å²) in [6, 6.07) is 0.127. The summed E-state index contributed by atoms with van der Waals surface area (Å²) in [5, 5.41) is 0. The van der Waals surface area contributed by atoms with Gasteiger partial charge < -0.3 is 20.1 Å². The number of piperidine rings is 1. The minimum Gasteiger partial charge on any atom is -0.382 e. The SMILES string of the molecule is COCCOCC(=O)N1CCCC(N)C1.Cl. The third kappa shape index (κ3) is 5.65. The van der Waals surface area contributed by atoms with E-state index in [1.54, 1.807) is 12.0 Å². The molecule has 1 atom stereocenters. The molecule has 0 aliphatic carbocycles. The molecule has 1 heterocycles. The molecule has 96 valence electrons. The number of hydrogen-bond donors (Lipinski definition) is 1. The van der Waals surface area contributed by atoms with Gasteiger partial charge in [0.15, 0.2) is 0 Å². The molecule has 5 nitrogen and oxygen atoms in total. The van der Waals surface area contributed by atoms with E-state index in [0.29, 0.717) is 19.8 Å². The zero-order valence-electron chi connectivity index (χ0n) is 9.68. The van der Waals surface area contributed by atoms with Gasteiger partial charge in [0, 0.05) is 26.2 Å². The third-order valence-corrected chi connectivity index (χ3v) is 2.47. The van der Waals surface area contributed by atoms with E-state index in [4.69, 9.17) is 15.2 Å². The summed E-state index contributed by atoms with van der Waals surface area (Å²) in [6.45, 7) is 2.58. The molecule has 6 heteroatoms. The molecule has 0 spiro atoms. The summed E-state index contributed by atoms with van der Waals surface area (Å²) in [7, 11) is 1.61. The van der Waals surface area contributed by atoms with Crippen LogP contribution in [0.3, 0.4) is 0 Å². The molecular weight excluding hydrogens is 232 g/mol. The Morgan fingerprint density at radius 2 is 2.25 bits per heavy atom. The van der Waals surface area contributed by atoms with Gasteiger partial charge in [-0.3, -0.25) is 4.79 Å². The molecule has 1 saturated heterocycles. The average Bonchev–Trinajstić information content (AvgIpc) is 2.24. The van der Waals surface area contributed by atoms with E-state index in [-0.39, 0.29) is 31.0 Å². The van der Waals surface area contributed by atoms with Crippen LogP contribution in [-0.2, 0) is 14.3 Å². The molecule has 1 aliphatic heterocycles. The van der Waals surface area contributed by atoms with Crippen molar-refractivity contribution in [2.45, 2.75) is 18.9 Å². The van der Waals surface area contributed by atoms with Crippen molar-refractivity contribution in [2.75, 3.05) is 40.0 Å². The van der Waals surface area contributed by atoms with E-state index in [1.165, 1.54) is 0 Å². The van der Waals surface area contributed by atoms with E-state index in [0.717, 1.165) is 19.4 Å². The van der Waals surface area contributed by atoms with Gasteiger partial charge in [-0.05, 0) is 12.8 Å². The first kappa shape index (κ1) is 15.6. The first-order valence-electron chi connectivity index (χ1n) is 5.34. The quantitative estimate of drug-likeness (QED) is 0.701. The van der Waals surface area contributed by atoms with E-state index in [9.17, 15) is 4.79 Å². The number of carbonyl (C=O) groups is 1. The Hall–Kier alpha value is -0.360. The smallest absolute Gasteiger partial charge is 0.248 e. The Kier molecular flexibility index (Phi) is 8.56. The van der Waals surface area contributed by atoms with Crippen LogP contribution in [-0.4, -0.2) is 56.9 Å². The van der Waals surface area contributed by atoms with Crippen molar-refractivity contribution in [1.82, 2.24) is 4.90 Å². The molecule has 0 aromatic rings. The fourth-order valence-electron chi connectivity index (χ4n) is 1.63. The van der Waals surface area contributed by atoms with Gasteiger partial charge in [0.05, 0.1) is 13.2 Å². The molecule has 1 rings (SSSR count). The van der Waals surface area contributed by atoms with Crippen LogP contribution in [0.25, 0.3) is 0 Å². The highest BCUT2D eigenvalue weighted by molar-refractivity contribution is 5.85. The maximum atomic E-state index is 11.6. The van der Waals surface area contributed by atoms with Crippen molar-refractivity contribution >= 4 is 18.3 Å². The van der Waals surface area contributed by atoms with Gasteiger partial charge in [-0.25, -0.2) is 0 Å². The van der Waals surface area contributed by atoms with Crippen molar-refractivity contribution < 1.29 is 14.3 Å². The fraction of sp³-hybridized carbons (Fsp3) is 0.900. The maximum absolute atomic E-state index is 11.6. The zero-order valence-corrected chi connectivity index (χ0v) is 10.5. The van der Waals surface area contributed by atoms with E-state index >= 15 is 0 Å². The third-order valence-electron chi connectivity index (χ3n) is 2.47. The lowest BCUT2D eigenvalue weighted by atomic mass is 10.1. The van der Waals surface area contributed by atoms with Gasteiger partial charge in [-0.2, -0.15) is 0 Å². The van der Waals surface area contributed by atoms with Crippen LogP contribution >= 0.6 is 12.4 Å². The molecule has 0 bridgehead atoms. The monoisotopic (exact) mass is 252 g/mol. The first-order chi connectivity index (χ1) is 7.24. The van der Waals surface area contributed by atoms with Crippen LogP contribution in [0.1, 0.15) is 12.8 Å². The second-order valence-corrected chi connectivity index (χ2v) is 3.79. The van der Waals surface area contributed by atoms with Gasteiger partial charge in [0.25, 0.3) is 0 Å². The van der Waals surface area contributed by atoms with Crippen LogP contribution < -0.4 is 5.73 Å². The summed E-state index contributed by atoms with van der Waals surface area (Å²) in [4.78, 5) is 13.4. The minimum atomic E-state index is 0. The number of rotatable bonds is 5. The van der Waals surface area contributed by atoms with Gasteiger partial charge >= 0.3 is 0 Å². The number of likely N-dealkylation sites (tertiary alicyclic amines) is 1. The Bertz CT molecular complexity index is 205. The lowest BCUT2D eigenvalue weighted by molar-refractivity contribution is -0.137. The first-order valence-corrected chi connectivity index (χ1v) is 5.34. The summed E-state index contributed by atoms with van der Waals surface area (Å²) in [6.07, 6.45) is 2.00. The normalized spacial score (nSPS) is 20.4. The number of hydrogen-bond acceptors (Lipinski definition) is 4. The number of methoxy groups -OCH3 is 1. The topological polar surface area (TPSA) is 64.8 Å². The molecule has 2 N–H and O–H groups in total. The van der Waals surface area contributed by atoms with Gasteiger partial charge in [0.2, 0.25) is 5.91 Å². The Morgan fingerprint density at radius 1 is 1.50 bits per heavy atom. The predicted octanol–water partition coefficient (Wildman–Crippen LogP) is 0.0209. The summed E-state index contributed by atoms with van der Waals surface area (Å²) in [5.74, 6) is 0.0289. The Morgan fingerprint density at radius 3 is 2.88 bits per heavy atom. The van der Waals surface area contributed by atoms with Crippen LogP contribution in [0, 0.1) is 0 Å². The Labute approximate surface area is 103 Å². The summed E-state index contributed by atoms with van der Waals surface area (Å²) in [5.41, 5.74) is 5.78. The van der Waals surface area contributed by atoms with Crippen molar-refractivity contribution in [2.24, 2.45) is 5.73 Å². The van der Waals surface area contributed by atoms with E-state index in [1.807, 2.05) is 0 Å². The van der Waals surface area contributed by atoms with E-state index < -0.39 is 0 Å². The highest BCUT2D eigenvalue weighted by Crippen LogP contribution is 2.08. The molecule has 1 unspecified atom stereocenters. The van der Waals surface area contributed by atoms with Gasteiger partial charge in [-0.15, -0.1) is 12.4 Å². The van der Waals surface area contributed by atoms with Crippen LogP contribution in [0.4, 0.5) is 0 Å². The fourth-order valence-corrected chi connectivity index (χ4v) is 1.63. The molecule has 1 aliphatic rings. The zero-order chi connectivity index (χ0) is 11.1. The minimum absolute atomic E-state index is 0. The van der Waals surface area contributed by atoms with Gasteiger partial charge in [0.1, 0.15) is 6.61 Å². The second-order valence-electron chi connectivity index (χ2n) is 3.79. The van der Waals surface area contributed by atoms with Crippen molar-refractivity contribution in [1.29, 1.82) is 0 Å². The number of ether oxygens (including phenoxy) is 2. The maximum Gasteiger partial charge on any atom is 0.248 e. The summed E-state index contributed by atoms with van der Waals surface area (Å²) >= 11 is 0. The van der Waals surface area contributed by atoms with Crippen molar-refractivity contribution in [3.63, 3.8) is 0 Å². The number of amides is 1. The van der Waals surface area contributed by atoms with Crippen molar-refractivity contribution in [3.8, 4) is 0 Å². The number of nitrogens with zero attached hydrogens (tertiary/aromatic N) is 1. The Balaban J connectivity index is 0.00000225. The van der Waals surface area contributed by atoms with Crippen LogP contribution in [0.2, 0.25) is 0 Å². The lowest BCUT2D eigenvalue weighted by Gasteiger charge is -2.30. The second kappa shape index (κ2) is 8.75. The molecule has 1 amide bonds. The van der Waals surface area contributed by atoms with Crippen molar-refractivity contribution in [3.05, 3.63) is 0 Å². The standard InChI is InChI=1S/C10H20N2O3.ClH/c1-14-5-6-15-8-10(13)12-4-2-3-9(11)7-12;/h9H,2-8,11H2,1H3;1H. The largest absolute Gasteiger partial charge is 0.382 e. The van der Waals surface area contributed by atoms with Crippen LogP contribution in [0.5, 0.6) is 0 Å². The molecule has 0 aromatic heterocycles. The molecule has 1 fully saturated rings. The molecule has 0 radical (unpaired) electrons. The molecule has 16 heavy (non-hydrogen) atoms. The van der Waals surface area contributed by atoms with Crippen LogP contribution in [0.15, 0.2) is 0 Å². The molecule has 0 saturated carbocycles. The number of carbonyl (C=O) groups excluding carboxylic acids is 1. The predicted molar refractivity (Wildman–Crippen MR) is 63.7 cm³/mol. The molecular formula is C10H21ClN2O3. The van der Waals surface area contributed by atoms with Gasteiger partial charge in [-0.1, -0.05) is 0 Å². The molecule has 0 aromatic carbocycles. The van der Waals surface area contributed by atoms with E-state index in [2.05, 4.69) is 0 Å². The highest BCUT2D eigenvalue weighted by Gasteiger charge is 2.20.